The Balaban J connectivity index is 3.11. The predicted molar refractivity (Wildman–Crippen MR) is 101 cm³/mol. The molecule has 0 atom stereocenters. The van der Waals surface area contributed by atoms with Gasteiger partial charge in [-0.15, -0.1) is 11.8 Å². The molecule has 2 radical (unpaired) electrons. The summed E-state index contributed by atoms with van der Waals surface area (Å²) in [5.41, 5.74) is 1.50. The Bertz CT molecular complexity index is 556. The lowest BCUT2D eigenvalue weighted by Crippen LogP contribution is -2.34. The first kappa shape index (κ1) is 19.3. The summed E-state index contributed by atoms with van der Waals surface area (Å²) in [4.78, 5) is 16.2. The highest BCUT2D eigenvalue weighted by molar-refractivity contribution is 8.39. The lowest BCUT2D eigenvalue weighted by Gasteiger charge is -2.37. The van der Waals surface area contributed by atoms with Crippen LogP contribution in [0.3, 0.4) is 0 Å². The van der Waals surface area contributed by atoms with E-state index in [2.05, 4.69) is 13.8 Å². The van der Waals surface area contributed by atoms with E-state index >= 15 is 0 Å². The van der Waals surface area contributed by atoms with Crippen LogP contribution in [0.4, 0.5) is 5.69 Å². The number of aliphatic imine (C=N–C) groups is 1. The highest BCUT2D eigenvalue weighted by Crippen LogP contribution is 2.43. The molecule has 22 heavy (non-hydrogen) atoms. The smallest absolute Gasteiger partial charge is 0.134 e. The van der Waals surface area contributed by atoms with Crippen molar-refractivity contribution in [2.75, 3.05) is 6.26 Å². The highest BCUT2D eigenvalue weighted by Gasteiger charge is 2.35. The van der Waals surface area contributed by atoms with Crippen molar-refractivity contribution in [3.8, 4) is 0 Å². The number of ketones is 1. The molecule has 1 aromatic carbocycles. The summed E-state index contributed by atoms with van der Waals surface area (Å²) in [7, 11) is 0. The molecule has 0 N–H and O–H groups in total. The second-order valence-corrected chi connectivity index (χ2v) is 9.09. The van der Waals surface area contributed by atoms with Gasteiger partial charge in [-0.05, 0) is 51.0 Å². The van der Waals surface area contributed by atoms with Crippen molar-refractivity contribution in [2.45, 2.75) is 45.8 Å². The molecule has 0 aliphatic carbocycles. The molecule has 0 saturated carbocycles. The van der Waals surface area contributed by atoms with Crippen molar-refractivity contribution >= 4 is 39.4 Å². The van der Waals surface area contributed by atoms with Crippen molar-refractivity contribution in [3.05, 3.63) is 36.8 Å². The molecule has 0 spiro atoms. The third kappa shape index (κ3) is 5.47. The quantitative estimate of drug-likeness (QED) is 0.531. The number of thioether (sulfide) groups is 2. The molecule has 4 heteroatoms. The number of hydrogen-bond donors (Lipinski definition) is 0. The summed E-state index contributed by atoms with van der Waals surface area (Å²) in [5.74, 6) is 0.143. The van der Waals surface area contributed by atoms with Crippen molar-refractivity contribution in [1.82, 2.24) is 0 Å². The zero-order valence-corrected chi connectivity index (χ0v) is 15.9. The molecule has 0 aromatic heterocycles. The monoisotopic (exact) mass is 335 g/mol. The molecule has 0 heterocycles. The molecule has 120 valence electrons. The Labute approximate surface area is 143 Å². The molecule has 1 rings (SSSR count). The standard InChI is InChI=1S/C18H25NOS2/c1-13(20)12-14-10-8-9-11-15(14)19-16(21-7)22-18(5,6)17(2,3)4/h2,8-11H,12H2,1,3-7H3. The molecule has 1 aromatic rings. The van der Waals surface area contributed by atoms with E-state index in [1.165, 1.54) is 0 Å². The van der Waals surface area contributed by atoms with Crippen LogP contribution in [0, 0.1) is 12.3 Å². The first-order valence-electron chi connectivity index (χ1n) is 7.25. The van der Waals surface area contributed by atoms with E-state index in [0.29, 0.717) is 6.42 Å². The minimum atomic E-state index is -0.326. The Morgan fingerprint density at radius 2 is 1.82 bits per heavy atom. The van der Waals surface area contributed by atoms with E-state index in [4.69, 9.17) is 11.9 Å². The number of carbonyl (C=O) groups excluding carboxylic acids is 1. The maximum absolute atomic E-state index is 11.4. The van der Waals surface area contributed by atoms with Gasteiger partial charge in [0.25, 0.3) is 0 Å². The Kier molecular flexibility index (Phi) is 6.75. The fourth-order valence-electron chi connectivity index (χ4n) is 1.60. The summed E-state index contributed by atoms with van der Waals surface area (Å²) >= 11 is 3.29. The van der Waals surface area contributed by atoms with Gasteiger partial charge in [0, 0.05) is 11.2 Å². The predicted octanol–water partition coefficient (Wildman–Crippen LogP) is 5.42. The van der Waals surface area contributed by atoms with E-state index in [1.807, 2.05) is 44.4 Å². The van der Waals surface area contributed by atoms with Gasteiger partial charge in [0.1, 0.15) is 10.2 Å². The molecule has 0 amide bonds. The van der Waals surface area contributed by atoms with Crippen molar-refractivity contribution in [1.29, 1.82) is 0 Å². The topological polar surface area (TPSA) is 29.4 Å². The fraction of sp³-hybridized carbons (Fsp3) is 0.500. The molecule has 0 aliphatic heterocycles. The Morgan fingerprint density at radius 1 is 1.23 bits per heavy atom. The van der Waals surface area contributed by atoms with E-state index in [1.54, 1.807) is 30.4 Å². The summed E-state index contributed by atoms with van der Waals surface area (Å²) < 4.78 is 0.809. The molecule has 0 unspecified atom stereocenters. The molecule has 0 bridgehead atoms. The van der Waals surface area contributed by atoms with E-state index in [0.717, 1.165) is 15.6 Å². The first-order chi connectivity index (χ1) is 10.1. The van der Waals surface area contributed by atoms with Crippen LogP contribution in [0.15, 0.2) is 29.3 Å². The number of benzene rings is 1. The first-order valence-corrected chi connectivity index (χ1v) is 9.29. The number of carbonyl (C=O) groups is 1. The van der Waals surface area contributed by atoms with E-state index < -0.39 is 0 Å². The van der Waals surface area contributed by atoms with Crippen LogP contribution in [0.1, 0.15) is 40.2 Å². The van der Waals surface area contributed by atoms with Crippen LogP contribution in [-0.2, 0) is 11.2 Å². The van der Waals surface area contributed by atoms with Crippen molar-refractivity contribution in [2.24, 2.45) is 10.4 Å². The van der Waals surface area contributed by atoms with E-state index in [-0.39, 0.29) is 15.9 Å². The maximum atomic E-state index is 11.4. The van der Waals surface area contributed by atoms with Crippen molar-refractivity contribution < 1.29 is 4.79 Å². The number of nitrogens with zero attached hydrogens (tertiary/aromatic N) is 1. The van der Waals surface area contributed by atoms with Crippen LogP contribution < -0.4 is 0 Å². The highest BCUT2D eigenvalue weighted by atomic mass is 32.2. The molecular formula is C18H25NOS2. The van der Waals surface area contributed by atoms with Gasteiger partial charge in [0.05, 0.1) is 5.69 Å². The van der Waals surface area contributed by atoms with Gasteiger partial charge in [0.2, 0.25) is 0 Å². The second-order valence-electron chi connectivity index (χ2n) is 6.42. The molecule has 0 aliphatic rings. The molecule has 0 fully saturated rings. The summed E-state index contributed by atoms with van der Waals surface area (Å²) in [5, 5.41) is 0. The number of hydrogen-bond acceptors (Lipinski definition) is 4. The fourth-order valence-corrected chi connectivity index (χ4v) is 3.59. The average molecular weight is 336 g/mol. The van der Waals surface area contributed by atoms with Crippen LogP contribution >= 0.6 is 23.5 Å². The summed E-state index contributed by atoms with van der Waals surface area (Å²) in [6.45, 7) is 16.2. The van der Waals surface area contributed by atoms with Gasteiger partial charge < -0.3 is 0 Å². The Hall–Kier alpha value is -0.740. The van der Waals surface area contributed by atoms with Gasteiger partial charge in [-0.3, -0.25) is 4.79 Å². The lowest BCUT2D eigenvalue weighted by atomic mass is 9.83. The molecular weight excluding hydrogens is 310 g/mol. The zero-order valence-electron chi connectivity index (χ0n) is 14.3. The van der Waals surface area contributed by atoms with Crippen LogP contribution in [0.5, 0.6) is 0 Å². The molecule has 2 nitrogen and oxygen atoms in total. The van der Waals surface area contributed by atoms with Gasteiger partial charge in [-0.2, -0.15) is 0 Å². The number of para-hydroxylation sites is 1. The third-order valence-corrected chi connectivity index (χ3v) is 6.20. The normalized spacial score (nSPS) is 13.3. The Morgan fingerprint density at radius 3 is 2.32 bits per heavy atom. The average Bonchev–Trinajstić information content (AvgIpc) is 2.38. The van der Waals surface area contributed by atoms with Crippen LogP contribution in [0.25, 0.3) is 0 Å². The molecule has 0 saturated heterocycles. The van der Waals surface area contributed by atoms with Gasteiger partial charge in [-0.1, -0.05) is 43.8 Å². The SMILES string of the molecule is [CH]C(C)(C)C(C)(C)SC(=Nc1ccccc1CC(C)=O)SC. The minimum absolute atomic E-state index is 0.143. The van der Waals surface area contributed by atoms with Crippen molar-refractivity contribution in [3.63, 3.8) is 0 Å². The van der Waals surface area contributed by atoms with E-state index in [9.17, 15) is 4.79 Å². The van der Waals surface area contributed by atoms with Gasteiger partial charge in [-0.25, -0.2) is 4.99 Å². The minimum Gasteiger partial charge on any atom is -0.300 e. The number of Topliss-reactive ketones (excluding diaryl/α,β-unsaturated/α-hetero) is 1. The van der Waals surface area contributed by atoms with Crippen LogP contribution in [0.2, 0.25) is 0 Å². The van der Waals surface area contributed by atoms with Gasteiger partial charge in [0.15, 0.2) is 0 Å². The van der Waals surface area contributed by atoms with Crippen LogP contribution in [-0.4, -0.2) is 21.2 Å². The third-order valence-electron chi connectivity index (χ3n) is 3.71. The maximum Gasteiger partial charge on any atom is 0.134 e. The van der Waals surface area contributed by atoms with Gasteiger partial charge >= 0.3 is 0 Å². The number of rotatable bonds is 5. The summed E-state index contributed by atoms with van der Waals surface area (Å²) in [6, 6.07) is 7.80. The second kappa shape index (κ2) is 7.69. The largest absolute Gasteiger partial charge is 0.300 e. The lowest BCUT2D eigenvalue weighted by molar-refractivity contribution is -0.116. The zero-order chi connectivity index (χ0) is 17.0. The summed E-state index contributed by atoms with van der Waals surface area (Å²) in [6.07, 6.45) is 2.43.